The second kappa shape index (κ2) is 5.21. The number of methoxy groups -OCH3 is 1. The van der Waals surface area contributed by atoms with Gasteiger partial charge in [0.25, 0.3) is 0 Å². The summed E-state index contributed by atoms with van der Waals surface area (Å²) in [4.78, 5) is 14.3. The van der Waals surface area contributed by atoms with E-state index >= 15 is 0 Å². The van der Waals surface area contributed by atoms with Crippen LogP contribution in [0.15, 0.2) is 24.3 Å². The van der Waals surface area contributed by atoms with Gasteiger partial charge in [-0.2, -0.15) is 0 Å². The van der Waals surface area contributed by atoms with E-state index in [2.05, 4.69) is 5.32 Å². The first-order valence-electron chi connectivity index (χ1n) is 6.90. The molecule has 2 heterocycles. The molecule has 2 saturated heterocycles. The van der Waals surface area contributed by atoms with Gasteiger partial charge in [0.05, 0.1) is 13.5 Å². The average molecular weight is 260 g/mol. The number of nitrogens with one attached hydrogen (secondary N) is 1. The standard InChI is InChI=1S/C15H20N2O2/c1-19-13-4-2-11(3-5-13)8-15(18)17-9-12-6-7-16-14(12)10-17/h2-5,12,14,16H,6-10H2,1H3/t12-,14+/m0/s1. The molecule has 0 unspecified atom stereocenters. The predicted octanol–water partition coefficient (Wildman–Crippen LogP) is 1.06. The number of hydrogen-bond acceptors (Lipinski definition) is 3. The molecule has 1 aromatic rings. The summed E-state index contributed by atoms with van der Waals surface area (Å²) in [7, 11) is 1.65. The van der Waals surface area contributed by atoms with Gasteiger partial charge in [0.15, 0.2) is 0 Å². The molecule has 1 N–H and O–H groups in total. The van der Waals surface area contributed by atoms with Gasteiger partial charge in [-0.05, 0) is 36.6 Å². The van der Waals surface area contributed by atoms with E-state index in [1.807, 2.05) is 29.2 Å². The molecule has 2 fully saturated rings. The van der Waals surface area contributed by atoms with Crippen molar-refractivity contribution >= 4 is 5.91 Å². The number of carbonyl (C=O) groups is 1. The molecule has 0 spiro atoms. The van der Waals surface area contributed by atoms with Crippen molar-refractivity contribution in [2.45, 2.75) is 18.9 Å². The van der Waals surface area contributed by atoms with Gasteiger partial charge in [0.2, 0.25) is 5.91 Å². The number of hydrogen-bond donors (Lipinski definition) is 1. The van der Waals surface area contributed by atoms with Gasteiger partial charge in [-0.3, -0.25) is 4.79 Å². The van der Waals surface area contributed by atoms with Gasteiger partial charge < -0.3 is 15.0 Å². The minimum Gasteiger partial charge on any atom is -0.497 e. The van der Waals surface area contributed by atoms with E-state index in [-0.39, 0.29) is 5.91 Å². The first kappa shape index (κ1) is 12.5. The second-order valence-electron chi connectivity index (χ2n) is 5.43. The SMILES string of the molecule is COc1ccc(CC(=O)N2C[C@@H]3CCN[C@@H]3C2)cc1. The molecule has 19 heavy (non-hydrogen) atoms. The molecule has 4 nitrogen and oxygen atoms in total. The van der Waals surface area contributed by atoms with E-state index in [9.17, 15) is 4.79 Å². The lowest BCUT2D eigenvalue weighted by Crippen LogP contribution is -2.34. The highest BCUT2D eigenvalue weighted by Gasteiger charge is 2.37. The summed E-state index contributed by atoms with van der Waals surface area (Å²) in [5, 5.41) is 3.47. The summed E-state index contributed by atoms with van der Waals surface area (Å²) in [5.74, 6) is 1.73. The fourth-order valence-corrected chi connectivity index (χ4v) is 3.08. The van der Waals surface area contributed by atoms with Crippen LogP contribution in [-0.4, -0.2) is 43.6 Å². The average Bonchev–Trinajstić information content (AvgIpc) is 3.00. The zero-order chi connectivity index (χ0) is 13.2. The second-order valence-corrected chi connectivity index (χ2v) is 5.43. The Balaban J connectivity index is 1.59. The van der Waals surface area contributed by atoms with Crippen LogP contribution in [0, 0.1) is 5.92 Å². The summed E-state index contributed by atoms with van der Waals surface area (Å²) in [6, 6.07) is 8.27. The highest BCUT2D eigenvalue weighted by molar-refractivity contribution is 5.79. The Morgan fingerprint density at radius 2 is 2.16 bits per heavy atom. The number of carbonyl (C=O) groups excluding carboxylic acids is 1. The molecular formula is C15H20N2O2. The maximum Gasteiger partial charge on any atom is 0.227 e. The summed E-state index contributed by atoms with van der Waals surface area (Å²) in [6.45, 7) is 2.90. The van der Waals surface area contributed by atoms with Crippen LogP contribution in [0.2, 0.25) is 0 Å². The number of ether oxygens (including phenoxy) is 1. The summed E-state index contributed by atoms with van der Waals surface area (Å²) in [5.41, 5.74) is 1.05. The molecule has 2 atom stereocenters. The van der Waals surface area contributed by atoms with Crippen LogP contribution in [0.5, 0.6) is 5.75 Å². The Morgan fingerprint density at radius 1 is 1.37 bits per heavy atom. The van der Waals surface area contributed by atoms with E-state index < -0.39 is 0 Å². The molecular weight excluding hydrogens is 240 g/mol. The largest absolute Gasteiger partial charge is 0.497 e. The lowest BCUT2D eigenvalue weighted by molar-refractivity contribution is -0.129. The highest BCUT2D eigenvalue weighted by atomic mass is 16.5. The highest BCUT2D eigenvalue weighted by Crippen LogP contribution is 2.25. The Bertz CT molecular complexity index is 446. The quantitative estimate of drug-likeness (QED) is 0.883. The molecule has 2 aliphatic rings. The van der Waals surface area contributed by atoms with Gasteiger partial charge in [-0.15, -0.1) is 0 Å². The fourth-order valence-electron chi connectivity index (χ4n) is 3.08. The Hall–Kier alpha value is -1.55. The predicted molar refractivity (Wildman–Crippen MR) is 73.2 cm³/mol. The lowest BCUT2D eigenvalue weighted by Gasteiger charge is -2.17. The summed E-state index contributed by atoms with van der Waals surface area (Å²) < 4.78 is 5.12. The van der Waals surface area contributed by atoms with Crippen molar-refractivity contribution in [2.24, 2.45) is 5.92 Å². The Morgan fingerprint density at radius 3 is 2.84 bits per heavy atom. The van der Waals surface area contributed by atoms with Gasteiger partial charge >= 0.3 is 0 Å². The third-order valence-electron chi connectivity index (χ3n) is 4.23. The third-order valence-corrected chi connectivity index (χ3v) is 4.23. The van der Waals surface area contributed by atoms with Gasteiger partial charge in [-0.25, -0.2) is 0 Å². The van der Waals surface area contributed by atoms with Crippen molar-refractivity contribution in [2.75, 3.05) is 26.7 Å². The molecule has 0 saturated carbocycles. The topological polar surface area (TPSA) is 41.6 Å². The van der Waals surface area contributed by atoms with Crippen LogP contribution in [0.25, 0.3) is 0 Å². The number of rotatable bonds is 3. The molecule has 0 aliphatic carbocycles. The molecule has 1 aromatic carbocycles. The molecule has 3 rings (SSSR count). The molecule has 0 aromatic heterocycles. The fraction of sp³-hybridized carbons (Fsp3) is 0.533. The van der Waals surface area contributed by atoms with Crippen LogP contribution in [-0.2, 0) is 11.2 Å². The van der Waals surface area contributed by atoms with Gasteiger partial charge in [0.1, 0.15) is 5.75 Å². The molecule has 102 valence electrons. The first-order valence-corrected chi connectivity index (χ1v) is 6.90. The summed E-state index contributed by atoms with van der Waals surface area (Å²) in [6.07, 6.45) is 1.69. The minimum atomic E-state index is 0.237. The molecule has 0 radical (unpaired) electrons. The number of nitrogens with zero attached hydrogens (tertiary/aromatic N) is 1. The van der Waals surface area contributed by atoms with Crippen LogP contribution in [0.4, 0.5) is 0 Å². The maximum atomic E-state index is 12.3. The van der Waals surface area contributed by atoms with Gasteiger partial charge in [0, 0.05) is 19.1 Å². The van der Waals surface area contributed by atoms with E-state index in [1.54, 1.807) is 7.11 Å². The number of likely N-dealkylation sites (tertiary alicyclic amines) is 1. The Kier molecular flexibility index (Phi) is 3.42. The normalized spacial score (nSPS) is 25.4. The zero-order valence-electron chi connectivity index (χ0n) is 11.3. The van der Waals surface area contributed by atoms with Crippen LogP contribution in [0.1, 0.15) is 12.0 Å². The van der Waals surface area contributed by atoms with Crippen molar-refractivity contribution in [3.8, 4) is 5.75 Å². The van der Waals surface area contributed by atoms with Crippen molar-refractivity contribution in [3.63, 3.8) is 0 Å². The monoisotopic (exact) mass is 260 g/mol. The van der Waals surface area contributed by atoms with E-state index in [0.717, 1.165) is 30.9 Å². The van der Waals surface area contributed by atoms with Crippen LogP contribution < -0.4 is 10.1 Å². The van der Waals surface area contributed by atoms with E-state index in [1.165, 1.54) is 6.42 Å². The van der Waals surface area contributed by atoms with Crippen molar-refractivity contribution in [1.29, 1.82) is 0 Å². The van der Waals surface area contributed by atoms with Crippen molar-refractivity contribution in [3.05, 3.63) is 29.8 Å². The van der Waals surface area contributed by atoms with Crippen LogP contribution >= 0.6 is 0 Å². The summed E-state index contributed by atoms with van der Waals surface area (Å²) >= 11 is 0. The third kappa shape index (κ3) is 2.59. The zero-order valence-corrected chi connectivity index (χ0v) is 11.3. The molecule has 0 bridgehead atoms. The molecule has 1 amide bonds. The van der Waals surface area contributed by atoms with E-state index in [0.29, 0.717) is 18.4 Å². The Labute approximate surface area is 113 Å². The smallest absolute Gasteiger partial charge is 0.227 e. The van der Waals surface area contributed by atoms with Gasteiger partial charge in [-0.1, -0.05) is 12.1 Å². The number of fused-ring (bicyclic) bond motifs is 1. The number of benzene rings is 1. The first-order chi connectivity index (χ1) is 9.26. The van der Waals surface area contributed by atoms with E-state index in [4.69, 9.17) is 4.74 Å². The van der Waals surface area contributed by atoms with Crippen LogP contribution in [0.3, 0.4) is 0 Å². The van der Waals surface area contributed by atoms with Crippen molar-refractivity contribution < 1.29 is 9.53 Å². The maximum absolute atomic E-state index is 12.3. The minimum absolute atomic E-state index is 0.237. The van der Waals surface area contributed by atoms with Crippen molar-refractivity contribution in [1.82, 2.24) is 10.2 Å². The molecule has 2 aliphatic heterocycles. The number of amides is 1. The molecule has 4 heteroatoms. The lowest BCUT2D eigenvalue weighted by atomic mass is 10.1.